The van der Waals surface area contributed by atoms with Crippen molar-refractivity contribution >= 4 is 5.97 Å². The van der Waals surface area contributed by atoms with Gasteiger partial charge in [0.05, 0.1) is 12.6 Å². The fourth-order valence-electron chi connectivity index (χ4n) is 2.05. The normalized spacial score (nSPS) is 15.4. The van der Waals surface area contributed by atoms with E-state index in [0.717, 1.165) is 25.2 Å². The number of hydrogen-bond donors (Lipinski definition) is 1. The van der Waals surface area contributed by atoms with E-state index in [1.54, 1.807) is 0 Å². The van der Waals surface area contributed by atoms with Crippen molar-refractivity contribution in [3.8, 4) is 0 Å². The van der Waals surface area contributed by atoms with Crippen LogP contribution in [-0.2, 0) is 11.3 Å². The highest BCUT2D eigenvalue weighted by Crippen LogP contribution is 2.34. The van der Waals surface area contributed by atoms with Crippen molar-refractivity contribution in [2.75, 3.05) is 6.54 Å². The van der Waals surface area contributed by atoms with Crippen molar-refractivity contribution in [2.45, 2.75) is 58.2 Å². The zero-order chi connectivity index (χ0) is 13.8. The molecular weight excluding hydrogens is 246 g/mol. The number of hydrogen-bond acceptors (Lipinski definition) is 5. The molecule has 106 valence electrons. The summed E-state index contributed by atoms with van der Waals surface area (Å²) < 4.78 is 1.91. The van der Waals surface area contributed by atoms with Crippen LogP contribution in [0.3, 0.4) is 0 Å². The lowest BCUT2D eigenvalue weighted by Crippen LogP contribution is -2.32. The molecule has 1 aliphatic carbocycles. The van der Waals surface area contributed by atoms with Crippen molar-refractivity contribution < 1.29 is 9.90 Å². The summed E-state index contributed by atoms with van der Waals surface area (Å²) in [7, 11) is 0. The van der Waals surface area contributed by atoms with E-state index in [-0.39, 0.29) is 6.42 Å². The van der Waals surface area contributed by atoms with Crippen molar-refractivity contribution in [1.29, 1.82) is 0 Å². The van der Waals surface area contributed by atoms with Crippen LogP contribution in [0.1, 0.15) is 51.4 Å². The predicted octanol–water partition coefficient (Wildman–Crippen LogP) is 1.08. The topological polar surface area (TPSA) is 84.1 Å². The SMILES string of the molecule is CC(C)N(CCCC(=O)O)Cc1nnnn1C1CC1. The Morgan fingerprint density at radius 1 is 1.53 bits per heavy atom. The summed E-state index contributed by atoms with van der Waals surface area (Å²) in [5, 5.41) is 20.6. The van der Waals surface area contributed by atoms with Crippen LogP contribution in [0.2, 0.25) is 0 Å². The predicted molar refractivity (Wildman–Crippen MR) is 68.5 cm³/mol. The molecule has 19 heavy (non-hydrogen) atoms. The number of aliphatic carboxylic acids is 1. The smallest absolute Gasteiger partial charge is 0.303 e. The Morgan fingerprint density at radius 3 is 2.84 bits per heavy atom. The summed E-state index contributed by atoms with van der Waals surface area (Å²) in [5.74, 6) is 0.137. The minimum Gasteiger partial charge on any atom is -0.481 e. The zero-order valence-corrected chi connectivity index (χ0v) is 11.5. The van der Waals surface area contributed by atoms with E-state index in [9.17, 15) is 4.79 Å². The molecule has 0 saturated heterocycles. The first-order valence-electron chi connectivity index (χ1n) is 6.80. The van der Waals surface area contributed by atoms with Gasteiger partial charge < -0.3 is 5.11 Å². The van der Waals surface area contributed by atoms with E-state index in [4.69, 9.17) is 5.11 Å². The second-order valence-electron chi connectivity index (χ2n) is 5.33. The molecule has 0 radical (unpaired) electrons. The molecule has 1 saturated carbocycles. The molecule has 0 aromatic carbocycles. The maximum absolute atomic E-state index is 10.6. The van der Waals surface area contributed by atoms with Crippen LogP contribution >= 0.6 is 0 Å². The molecule has 1 aliphatic rings. The van der Waals surface area contributed by atoms with Gasteiger partial charge in [0.25, 0.3) is 0 Å². The summed E-state index contributed by atoms with van der Waals surface area (Å²) in [6.07, 6.45) is 3.16. The summed E-state index contributed by atoms with van der Waals surface area (Å²) >= 11 is 0. The van der Waals surface area contributed by atoms with Crippen LogP contribution in [0, 0.1) is 0 Å². The molecular formula is C12H21N5O2. The monoisotopic (exact) mass is 267 g/mol. The van der Waals surface area contributed by atoms with Gasteiger partial charge in [-0.25, -0.2) is 4.68 Å². The summed E-state index contributed by atoms with van der Waals surface area (Å²) in [5.41, 5.74) is 0. The summed E-state index contributed by atoms with van der Waals surface area (Å²) in [4.78, 5) is 12.8. The number of tetrazole rings is 1. The minimum absolute atomic E-state index is 0.205. The van der Waals surface area contributed by atoms with Gasteiger partial charge in [0.2, 0.25) is 0 Å². The quantitative estimate of drug-likeness (QED) is 0.758. The zero-order valence-electron chi connectivity index (χ0n) is 11.5. The fraction of sp³-hybridized carbons (Fsp3) is 0.833. The Kier molecular flexibility index (Phi) is 4.47. The second-order valence-corrected chi connectivity index (χ2v) is 5.33. The summed E-state index contributed by atoms with van der Waals surface area (Å²) in [6, 6.07) is 0.816. The second kappa shape index (κ2) is 6.10. The maximum atomic E-state index is 10.6. The number of carboxylic acid groups (broad SMARTS) is 1. The molecule has 7 heteroatoms. The van der Waals surface area contributed by atoms with Crippen molar-refractivity contribution in [2.24, 2.45) is 0 Å². The Balaban J connectivity index is 1.91. The molecule has 1 aromatic heterocycles. The van der Waals surface area contributed by atoms with E-state index >= 15 is 0 Å². The highest BCUT2D eigenvalue weighted by atomic mass is 16.4. The van der Waals surface area contributed by atoms with Crippen LogP contribution in [0.5, 0.6) is 0 Å². The Morgan fingerprint density at radius 2 is 2.26 bits per heavy atom. The number of carbonyl (C=O) groups is 1. The molecule has 0 atom stereocenters. The molecule has 7 nitrogen and oxygen atoms in total. The molecule has 0 bridgehead atoms. The number of aromatic nitrogens is 4. The Labute approximate surface area is 112 Å². The minimum atomic E-state index is -0.744. The molecule has 2 rings (SSSR count). The van der Waals surface area contributed by atoms with Crippen molar-refractivity contribution in [3.05, 3.63) is 5.82 Å². The van der Waals surface area contributed by atoms with Gasteiger partial charge in [-0.1, -0.05) is 0 Å². The van der Waals surface area contributed by atoms with Gasteiger partial charge in [-0.15, -0.1) is 5.10 Å². The number of rotatable bonds is 8. The van der Waals surface area contributed by atoms with E-state index in [0.29, 0.717) is 25.0 Å². The third-order valence-corrected chi connectivity index (χ3v) is 3.36. The van der Waals surface area contributed by atoms with Gasteiger partial charge in [-0.05, 0) is 50.1 Å². The molecule has 0 aliphatic heterocycles. The summed E-state index contributed by atoms with van der Waals surface area (Å²) in [6.45, 7) is 5.64. The van der Waals surface area contributed by atoms with E-state index in [1.807, 2.05) is 4.68 Å². The number of nitrogens with zero attached hydrogens (tertiary/aromatic N) is 5. The Bertz CT molecular complexity index is 428. The molecule has 0 unspecified atom stereocenters. The van der Waals surface area contributed by atoms with E-state index < -0.39 is 5.97 Å². The van der Waals surface area contributed by atoms with Crippen LogP contribution in [0.4, 0.5) is 0 Å². The Hall–Kier alpha value is -1.50. The van der Waals surface area contributed by atoms with Gasteiger partial charge in [-0.3, -0.25) is 9.69 Å². The maximum Gasteiger partial charge on any atom is 0.303 e. The molecule has 0 spiro atoms. The highest BCUT2D eigenvalue weighted by Gasteiger charge is 2.28. The third-order valence-electron chi connectivity index (χ3n) is 3.36. The van der Waals surface area contributed by atoms with Gasteiger partial charge in [-0.2, -0.15) is 0 Å². The average Bonchev–Trinajstić information content (AvgIpc) is 3.08. The third kappa shape index (κ3) is 3.99. The molecule has 1 N–H and O–H groups in total. The van der Waals surface area contributed by atoms with Crippen LogP contribution in [-0.4, -0.2) is 48.8 Å². The van der Waals surface area contributed by atoms with Crippen LogP contribution in [0.15, 0.2) is 0 Å². The highest BCUT2D eigenvalue weighted by molar-refractivity contribution is 5.66. The van der Waals surface area contributed by atoms with Crippen LogP contribution < -0.4 is 0 Å². The molecule has 1 fully saturated rings. The average molecular weight is 267 g/mol. The standard InChI is InChI=1S/C12H21N5O2/c1-9(2)16(7-3-4-12(18)19)8-11-13-14-15-17(11)10-5-6-10/h9-10H,3-8H2,1-2H3,(H,18,19). The molecule has 1 heterocycles. The lowest BCUT2D eigenvalue weighted by atomic mass is 10.2. The first kappa shape index (κ1) is 13.9. The molecule has 1 aromatic rings. The lowest BCUT2D eigenvalue weighted by molar-refractivity contribution is -0.137. The van der Waals surface area contributed by atoms with Gasteiger partial charge in [0.15, 0.2) is 5.82 Å². The molecule has 0 amide bonds. The van der Waals surface area contributed by atoms with E-state index in [2.05, 4.69) is 34.3 Å². The number of carboxylic acids is 1. The largest absolute Gasteiger partial charge is 0.481 e. The van der Waals surface area contributed by atoms with E-state index in [1.165, 1.54) is 0 Å². The van der Waals surface area contributed by atoms with Gasteiger partial charge in [0, 0.05) is 12.5 Å². The van der Waals surface area contributed by atoms with Crippen LogP contribution in [0.25, 0.3) is 0 Å². The fourth-order valence-corrected chi connectivity index (χ4v) is 2.05. The van der Waals surface area contributed by atoms with Crippen molar-refractivity contribution in [1.82, 2.24) is 25.1 Å². The van der Waals surface area contributed by atoms with Crippen molar-refractivity contribution in [3.63, 3.8) is 0 Å². The van der Waals surface area contributed by atoms with Gasteiger partial charge in [0.1, 0.15) is 0 Å². The first-order chi connectivity index (χ1) is 9.08. The first-order valence-corrected chi connectivity index (χ1v) is 6.80. The van der Waals surface area contributed by atoms with Gasteiger partial charge >= 0.3 is 5.97 Å². The lowest BCUT2D eigenvalue weighted by Gasteiger charge is -2.25.